The summed E-state index contributed by atoms with van der Waals surface area (Å²) in [6, 6.07) is 6.66. The van der Waals surface area contributed by atoms with Crippen LogP contribution in [0, 0.1) is 5.82 Å². The number of nitrogens with one attached hydrogen (secondary N) is 1. The smallest absolute Gasteiger partial charge is 0.220 e. The molecule has 1 saturated heterocycles. The van der Waals surface area contributed by atoms with Gasteiger partial charge in [0.05, 0.1) is 0 Å². The average molecular weight is 307 g/mol. The molecule has 0 aliphatic carbocycles. The first-order valence-electron chi connectivity index (χ1n) is 7.98. The molecule has 122 valence electrons. The van der Waals surface area contributed by atoms with Crippen molar-refractivity contribution < 1.29 is 9.18 Å². The van der Waals surface area contributed by atoms with Gasteiger partial charge in [-0.25, -0.2) is 4.39 Å². The quantitative estimate of drug-likeness (QED) is 0.868. The van der Waals surface area contributed by atoms with Crippen molar-refractivity contribution in [3.63, 3.8) is 0 Å². The van der Waals surface area contributed by atoms with Crippen LogP contribution in [0.25, 0.3) is 0 Å². The predicted molar refractivity (Wildman–Crippen MR) is 86.4 cm³/mol. The number of hydrogen-bond donors (Lipinski definition) is 1. The van der Waals surface area contributed by atoms with Crippen molar-refractivity contribution in [3.8, 4) is 0 Å². The highest BCUT2D eigenvalue weighted by atomic mass is 19.1. The SMILES string of the molecule is C[C@@H](CC(=O)NCCN1CCN(C)CC1)c1ccccc1F. The van der Waals surface area contributed by atoms with Crippen LogP contribution in [0.15, 0.2) is 24.3 Å². The van der Waals surface area contributed by atoms with Gasteiger partial charge in [0.2, 0.25) is 5.91 Å². The van der Waals surface area contributed by atoms with E-state index in [-0.39, 0.29) is 17.6 Å². The summed E-state index contributed by atoms with van der Waals surface area (Å²) in [4.78, 5) is 16.6. The molecule has 0 radical (unpaired) electrons. The standard InChI is InChI=1S/C17H26FN3O/c1-14(15-5-3-4-6-16(15)18)13-17(22)19-7-8-21-11-9-20(2)10-12-21/h3-6,14H,7-13H2,1-2H3,(H,19,22)/t14-/m0/s1. The fraction of sp³-hybridized carbons (Fsp3) is 0.588. The van der Waals surface area contributed by atoms with E-state index in [2.05, 4.69) is 22.2 Å². The molecule has 1 amide bonds. The maximum atomic E-state index is 13.7. The molecule has 1 aliphatic rings. The number of hydrogen-bond acceptors (Lipinski definition) is 3. The van der Waals surface area contributed by atoms with Gasteiger partial charge < -0.3 is 10.2 Å². The van der Waals surface area contributed by atoms with E-state index < -0.39 is 0 Å². The molecule has 22 heavy (non-hydrogen) atoms. The van der Waals surface area contributed by atoms with E-state index in [1.807, 2.05) is 6.92 Å². The first-order chi connectivity index (χ1) is 10.6. The number of amides is 1. The first kappa shape index (κ1) is 16.9. The van der Waals surface area contributed by atoms with Crippen LogP contribution in [-0.4, -0.2) is 62.0 Å². The second kappa shape index (κ2) is 8.25. The molecule has 1 fully saturated rings. The summed E-state index contributed by atoms with van der Waals surface area (Å²) >= 11 is 0. The molecule has 0 aromatic heterocycles. The summed E-state index contributed by atoms with van der Waals surface area (Å²) in [7, 11) is 2.13. The van der Waals surface area contributed by atoms with Gasteiger partial charge in [-0.2, -0.15) is 0 Å². The Morgan fingerprint density at radius 1 is 1.27 bits per heavy atom. The van der Waals surface area contributed by atoms with E-state index in [4.69, 9.17) is 0 Å². The summed E-state index contributed by atoms with van der Waals surface area (Å²) in [5.74, 6) is -0.352. The Labute approximate surface area is 132 Å². The van der Waals surface area contributed by atoms with E-state index in [0.29, 0.717) is 18.5 Å². The minimum atomic E-state index is -0.236. The van der Waals surface area contributed by atoms with Gasteiger partial charge in [0.25, 0.3) is 0 Å². The first-order valence-corrected chi connectivity index (χ1v) is 7.98. The molecule has 1 heterocycles. The summed E-state index contributed by atoms with van der Waals surface area (Å²) in [5.41, 5.74) is 0.608. The lowest BCUT2D eigenvalue weighted by molar-refractivity contribution is -0.121. The van der Waals surface area contributed by atoms with E-state index in [1.165, 1.54) is 6.07 Å². The van der Waals surface area contributed by atoms with Crippen LogP contribution >= 0.6 is 0 Å². The maximum absolute atomic E-state index is 13.7. The zero-order valence-electron chi connectivity index (χ0n) is 13.5. The largest absolute Gasteiger partial charge is 0.355 e. The molecule has 1 N–H and O–H groups in total. The Morgan fingerprint density at radius 2 is 1.95 bits per heavy atom. The highest BCUT2D eigenvalue weighted by Crippen LogP contribution is 2.21. The number of halogens is 1. The fourth-order valence-electron chi connectivity index (χ4n) is 2.76. The molecular weight excluding hydrogens is 281 g/mol. The fourth-order valence-corrected chi connectivity index (χ4v) is 2.76. The number of likely N-dealkylation sites (N-methyl/N-ethyl adjacent to an activating group) is 1. The normalized spacial score (nSPS) is 18.1. The van der Waals surface area contributed by atoms with Gasteiger partial charge in [-0.05, 0) is 24.6 Å². The van der Waals surface area contributed by atoms with Crippen molar-refractivity contribution >= 4 is 5.91 Å². The average Bonchev–Trinajstić information content (AvgIpc) is 2.49. The van der Waals surface area contributed by atoms with Gasteiger partial charge in [0, 0.05) is 45.7 Å². The third-order valence-corrected chi connectivity index (χ3v) is 4.27. The summed E-state index contributed by atoms with van der Waals surface area (Å²) in [5, 5.41) is 2.94. The zero-order chi connectivity index (χ0) is 15.9. The summed E-state index contributed by atoms with van der Waals surface area (Å²) in [6.07, 6.45) is 0.323. The summed E-state index contributed by atoms with van der Waals surface area (Å²) in [6.45, 7) is 7.70. The molecule has 0 unspecified atom stereocenters. The van der Waals surface area contributed by atoms with Crippen molar-refractivity contribution in [1.82, 2.24) is 15.1 Å². The highest BCUT2D eigenvalue weighted by Gasteiger charge is 2.16. The Kier molecular flexibility index (Phi) is 6.34. The highest BCUT2D eigenvalue weighted by molar-refractivity contribution is 5.76. The van der Waals surface area contributed by atoms with Crippen LogP contribution in [0.1, 0.15) is 24.8 Å². The Hall–Kier alpha value is -1.46. The van der Waals surface area contributed by atoms with Gasteiger partial charge in [-0.3, -0.25) is 9.69 Å². The van der Waals surface area contributed by atoms with E-state index in [9.17, 15) is 9.18 Å². The second-order valence-electron chi connectivity index (χ2n) is 6.12. The van der Waals surface area contributed by atoms with Gasteiger partial charge in [0.1, 0.15) is 5.82 Å². The molecule has 0 bridgehead atoms. The third kappa shape index (κ3) is 5.07. The molecule has 0 spiro atoms. The number of piperazine rings is 1. The number of carbonyl (C=O) groups is 1. The van der Waals surface area contributed by atoms with Gasteiger partial charge >= 0.3 is 0 Å². The van der Waals surface area contributed by atoms with E-state index in [0.717, 1.165) is 32.7 Å². The van der Waals surface area contributed by atoms with E-state index in [1.54, 1.807) is 18.2 Å². The molecule has 1 aliphatic heterocycles. The Balaban J connectivity index is 1.68. The Morgan fingerprint density at radius 3 is 2.64 bits per heavy atom. The van der Waals surface area contributed by atoms with Crippen molar-refractivity contribution in [2.75, 3.05) is 46.3 Å². The van der Waals surface area contributed by atoms with Gasteiger partial charge in [-0.1, -0.05) is 25.1 Å². The molecule has 1 aromatic rings. The Bertz CT molecular complexity index is 487. The predicted octanol–water partition coefficient (Wildman–Crippen LogP) is 1.68. The lowest BCUT2D eigenvalue weighted by Crippen LogP contribution is -2.46. The van der Waals surface area contributed by atoms with Crippen molar-refractivity contribution in [2.24, 2.45) is 0 Å². The number of carbonyl (C=O) groups excluding carboxylic acids is 1. The molecule has 0 saturated carbocycles. The molecule has 1 atom stereocenters. The third-order valence-electron chi connectivity index (χ3n) is 4.27. The van der Waals surface area contributed by atoms with Gasteiger partial charge in [-0.15, -0.1) is 0 Å². The molecule has 2 rings (SSSR count). The second-order valence-corrected chi connectivity index (χ2v) is 6.12. The number of benzene rings is 1. The van der Waals surface area contributed by atoms with Crippen molar-refractivity contribution in [2.45, 2.75) is 19.3 Å². The lowest BCUT2D eigenvalue weighted by atomic mass is 9.97. The van der Waals surface area contributed by atoms with Crippen LogP contribution in [-0.2, 0) is 4.79 Å². The summed E-state index contributed by atoms with van der Waals surface area (Å²) < 4.78 is 13.7. The molecule has 1 aromatic carbocycles. The van der Waals surface area contributed by atoms with Crippen LogP contribution < -0.4 is 5.32 Å². The minimum absolute atomic E-state index is 0.00937. The number of nitrogens with zero attached hydrogens (tertiary/aromatic N) is 2. The van der Waals surface area contributed by atoms with Gasteiger partial charge in [0.15, 0.2) is 0 Å². The topological polar surface area (TPSA) is 35.6 Å². The molecule has 5 heteroatoms. The van der Waals surface area contributed by atoms with Crippen LogP contribution in [0.2, 0.25) is 0 Å². The minimum Gasteiger partial charge on any atom is -0.355 e. The van der Waals surface area contributed by atoms with Crippen molar-refractivity contribution in [3.05, 3.63) is 35.6 Å². The zero-order valence-corrected chi connectivity index (χ0v) is 13.5. The van der Waals surface area contributed by atoms with E-state index >= 15 is 0 Å². The monoisotopic (exact) mass is 307 g/mol. The molecule has 4 nitrogen and oxygen atoms in total. The van der Waals surface area contributed by atoms with Crippen LogP contribution in [0.4, 0.5) is 4.39 Å². The van der Waals surface area contributed by atoms with Crippen LogP contribution in [0.5, 0.6) is 0 Å². The maximum Gasteiger partial charge on any atom is 0.220 e. The van der Waals surface area contributed by atoms with Crippen LogP contribution in [0.3, 0.4) is 0 Å². The lowest BCUT2D eigenvalue weighted by Gasteiger charge is -2.32. The number of rotatable bonds is 6. The molecular formula is C17H26FN3O. The van der Waals surface area contributed by atoms with Crippen molar-refractivity contribution in [1.29, 1.82) is 0 Å².